The first-order valence-corrected chi connectivity index (χ1v) is 18.2. The number of benzene rings is 4. The zero-order valence-corrected chi connectivity index (χ0v) is 31.9. The second-order valence-corrected chi connectivity index (χ2v) is 16.2. The van der Waals surface area contributed by atoms with Crippen LogP contribution in [0.4, 0.5) is 5.69 Å². The summed E-state index contributed by atoms with van der Waals surface area (Å²) >= 11 is 1.41. The fourth-order valence-corrected chi connectivity index (χ4v) is 7.38. The van der Waals surface area contributed by atoms with E-state index in [1.807, 2.05) is 111 Å². The Labute approximate surface area is 316 Å². The second-order valence-electron chi connectivity index (χ2n) is 14.9. The number of hydrogen-bond donors (Lipinski definition) is 2. The standard InChI is InChI=1S/C37H41B6N3O5S/c1-35(38,39)51-28-18-17-26(20-29(28)50-2)36(40,41)37(42,43)45-31(47)21-30-33(49)46(27-10-6-9-25(19-27)32(44)48)34(52-30)24-15-13-23(14-16-24)12-11-22-7-4-3-5-8-22/h3-10,13-20,30,34H,21,38-43H2,1-2H3,(H2,44,48)(H,45,47)/t30-,34+/m1/s1. The van der Waals surface area contributed by atoms with Gasteiger partial charge in [-0.1, -0.05) is 65.1 Å². The van der Waals surface area contributed by atoms with Gasteiger partial charge in [-0.15, -0.1) is 11.8 Å². The maximum atomic E-state index is 14.2. The Morgan fingerprint density at radius 3 is 2.13 bits per heavy atom. The Morgan fingerprint density at radius 2 is 1.52 bits per heavy atom. The summed E-state index contributed by atoms with van der Waals surface area (Å²) < 4.78 is 11.8. The van der Waals surface area contributed by atoms with Crippen LogP contribution in [0.15, 0.2) is 97.1 Å². The van der Waals surface area contributed by atoms with Crippen molar-refractivity contribution < 1.29 is 23.9 Å². The normalized spacial score (nSPS) is 16.0. The molecule has 0 radical (unpaired) electrons. The van der Waals surface area contributed by atoms with Gasteiger partial charge in [-0.3, -0.25) is 19.3 Å². The lowest BCUT2D eigenvalue weighted by atomic mass is 9.32. The van der Waals surface area contributed by atoms with E-state index in [0.29, 0.717) is 22.7 Å². The van der Waals surface area contributed by atoms with Gasteiger partial charge in [-0.05, 0) is 72.4 Å². The molecule has 15 heteroatoms. The molecule has 0 saturated carbocycles. The van der Waals surface area contributed by atoms with Gasteiger partial charge in [0.25, 0.3) is 0 Å². The molecule has 1 heterocycles. The third-order valence-corrected chi connectivity index (χ3v) is 10.9. The van der Waals surface area contributed by atoms with Gasteiger partial charge in [0.15, 0.2) is 11.5 Å². The molecule has 1 aliphatic heterocycles. The van der Waals surface area contributed by atoms with Crippen molar-refractivity contribution in [1.29, 1.82) is 0 Å². The van der Waals surface area contributed by atoms with E-state index >= 15 is 0 Å². The fraction of sp³-hybridized carbons (Fsp3) is 0.216. The summed E-state index contributed by atoms with van der Waals surface area (Å²) in [5, 5.41) is 0.445. The minimum absolute atomic E-state index is 0.0339. The lowest BCUT2D eigenvalue weighted by Gasteiger charge is -2.44. The summed E-state index contributed by atoms with van der Waals surface area (Å²) in [7, 11) is 13.7. The molecule has 2 atom stereocenters. The van der Waals surface area contributed by atoms with E-state index in [9.17, 15) is 14.4 Å². The van der Waals surface area contributed by atoms with Crippen LogP contribution < -0.4 is 25.4 Å². The molecule has 0 unspecified atom stereocenters. The number of carbonyl (C=O) groups is 3. The molecule has 4 aromatic rings. The van der Waals surface area contributed by atoms with Crippen LogP contribution in [0, 0.1) is 11.8 Å². The van der Waals surface area contributed by atoms with Crippen LogP contribution in [-0.2, 0) is 14.8 Å². The summed E-state index contributed by atoms with van der Waals surface area (Å²) in [6.45, 7) is 1.98. The Kier molecular flexibility index (Phi) is 11.4. The highest BCUT2D eigenvalue weighted by Crippen LogP contribution is 2.47. The quantitative estimate of drug-likeness (QED) is 0.157. The van der Waals surface area contributed by atoms with Crippen LogP contribution in [0.2, 0.25) is 0 Å². The van der Waals surface area contributed by atoms with Crippen molar-refractivity contribution in [2.24, 2.45) is 5.73 Å². The van der Waals surface area contributed by atoms with Crippen LogP contribution in [0.3, 0.4) is 0 Å². The predicted molar refractivity (Wildman–Crippen MR) is 226 cm³/mol. The zero-order chi connectivity index (χ0) is 37.8. The van der Waals surface area contributed by atoms with Crippen LogP contribution >= 0.6 is 11.8 Å². The summed E-state index contributed by atoms with van der Waals surface area (Å²) in [6.07, 6.45) is -0.0339. The molecule has 258 valence electrons. The van der Waals surface area contributed by atoms with Gasteiger partial charge < -0.3 is 20.5 Å². The lowest BCUT2D eigenvalue weighted by molar-refractivity contribution is -0.125. The Hall–Kier alpha value is -4.81. The SMILES string of the molecule is BC(B)(C)Oc1ccc(C(B)(B)C(B)(B)NC(=O)C[C@H]2S[C@@H](c3ccc(C#Cc4ccccc4)cc3)N(c3cccc(C(N)=O)c3)C2=O)cc1OC. The van der Waals surface area contributed by atoms with Gasteiger partial charge in [0.2, 0.25) is 17.7 Å². The highest BCUT2D eigenvalue weighted by Gasteiger charge is 2.45. The van der Waals surface area contributed by atoms with Crippen molar-refractivity contribution in [1.82, 2.24) is 5.32 Å². The maximum absolute atomic E-state index is 14.2. The number of thioether (sulfide) groups is 1. The third-order valence-electron chi connectivity index (χ3n) is 9.46. The van der Waals surface area contributed by atoms with Crippen molar-refractivity contribution in [3.63, 3.8) is 0 Å². The molecule has 4 aromatic carbocycles. The van der Waals surface area contributed by atoms with Gasteiger partial charge in [-0.25, -0.2) is 0 Å². The number of nitrogens with zero attached hydrogens (tertiary/aromatic N) is 1. The first-order valence-electron chi connectivity index (χ1n) is 17.2. The summed E-state index contributed by atoms with van der Waals surface area (Å²) in [6, 6.07) is 30.1. The minimum atomic E-state index is -0.723. The van der Waals surface area contributed by atoms with Gasteiger partial charge in [0.1, 0.15) is 52.5 Å². The first kappa shape index (κ1) is 38.4. The molecule has 3 amide bonds. The average Bonchev–Trinajstić information content (AvgIpc) is 3.42. The van der Waals surface area contributed by atoms with Gasteiger partial charge in [-0.2, -0.15) is 0 Å². The van der Waals surface area contributed by atoms with Crippen molar-refractivity contribution in [2.75, 3.05) is 12.0 Å². The fourth-order valence-electron chi connectivity index (χ4n) is 5.93. The molecule has 0 bridgehead atoms. The molecule has 5 rings (SSSR count). The number of amides is 3. The van der Waals surface area contributed by atoms with E-state index < -0.39 is 32.5 Å². The molecule has 52 heavy (non-hydrogen) atoms. The molecule has 1 fully saturated rings. The van der Waals surface area contributed by atoms with Gasteiger partial charge in [0, 0.05) is 34.2 Å². The monoisotopic (exact) mass is 705 g/mol. The largest absolute Gasteiger partial charge is 0.502 e. The molecule has 0 aromatic heterocycles. The van der Waals surface area contributed by atoms with Crippen LogP contribution in [0.5, 0.6) is 11.5 Å². The van der Waals surface area contributed by atoms with Crippen molar-refractivity contribution in [3.05, 3.63) is 125 Å². The van der Waals surface area contributed by atoms with Gasteiger partial charge >= 0.3 is 0 Å². The number of nitrogens with two attached hydrogens (primary N) is 1. The highest BCUT2D eigenvalue weighted by molar-refractivity contribution is 8.01. The second kappa shape index (κ2) is 15.4. The first-order chi connectivity index (χ1) is 24.5. The molecule has 1 aliphatic rings. The van der Waals surface area contributed by atoms with Crippen LogP contribution in [0.1, 0.15) is 51.3 Å². The van der Waals surface area contributed by atoms with Gasteiger partial charge in [0.05, 0.1) is 12.4 Å². The van der Waals surface area contributed by atoms with E-state index in [4.69, 9.17) is 15.2 Å². The Bertz CT molecular complexity index is 2030. The topological polar surface area (TPSA) is 111 Å². The lowest BCUT2D eigenvalue weighted by Crippen LogP contribution is -2.65. The number of ether oxygens (including phenoxy) is 2. The molecule has 0 aliphatic carbocycles. The number of hydrogen-bond acceptors (Lipinski definition) is 6. The van der Waals surface area contributed by atoms with Crippen molar-refractivity contribution in [3.8, 4) is 23.3 Å². The number of anilines is 1. The third kappa shape index (κ3) is 8.79. The number of nitrogens with one attached hydrogen (secondary N) is 1. The zero-order valence-electron chi connectivity index (χ0n) is 31.1. The molecule has 1 saturated heterocycles. The van der Waals surface area contributed by atoms with Crippen molar-refractivity contribution in [2.45, 2.75) is 39.9 Å². The summed E-state index contributed by atoms with van der Waals surface area (Å²) in [4.78, 5) is 41.7. The predicted octanol–water partition coefficient (Wildman–Crippen LogP) is -0.795. The highest BCUT2D eigenvalue weighted by atomic mass is 32.2. The van der Waals surface area contributed by atoms with Crippen LogP contribution in [0.25, 0.3) is 0 Å². The molecule has 8 nitrogen and oxygen atoms in total. The van der Waals surface area contributed by atoms with E-state index in [1.54, 1.807) is 36.3 Å². The number of carbonyl (C=O) groups excluding carboxylic acids is 3. The molecule has 0 spiro atoms. The molecule has 3 N–H and O–H groups in total. The van der Waals surface area contributed by atoms with E-state index in [-0.39, 0.29) is 18.2 Å². The van der Waals surface area contributed by atoms with Crippen LogP contribution in [-0.4, -0.2) is 87.9 Å². The van der Waals surface area contributed by atoms with E-state index in [2.05, 4.69) is 32.9 Å². The number of methoxy groups -OCH3 is 1. The number of primary amides is 1. The Morgan fingerprint density at radius 1 is 0.865 bits per heavy atom. The maximum Gasteiger partial charge on any atom is 0.248 e. The smallest absolute Gasteiger partial charge is 0.248 e. The van der Waals surface area contributed by atoms with E-state index in [1.165, 1.54) is 11.8 Å². The van der Waals surface area contributed by atoms with E-state index in [0.717, 1.165) is 22.3 Å². The van der Waals surface area contributed by atoms with Crippen molar-refractivity contribution >= 4 is 82.2 Å². The average molecular weight is 705 g/mol. The Balaban J connectivity index is 1.38. The number of rotatable bonds is 11. The minimum Gasteiger partial charge on any atom is -0.502 e. The molecular formula is C37H41B6N3O5S. The summed E-state index contributed by atoms with van der Waals surface area (Å²) in [5.74, 6) is 6.55. The summed E-state index contributed by atoms with van der Waals surface area (Å²) in [5.41, 5.74) is 10.00. The molecular weight excluding hydrogens is 663 g/mol.